The number of nitrogens with zero attached hydrogens (tertiary/aromatic N) is 1. The molecule has 21 heavy (non-hydrogen) atoms. The Labute approximate surface area is 122 Å². The summed E-state index contributed by atoms with van der Waals surface area (Å²) in [6, 6.07) is 6.38. The van der Waals surface area contributed by atoms with E-state index in [9.17, 15) is 14.7 Å². The first-order chi connectivity index (χ1) is 10.2. The highest BCUT2D eigenvalue weighted by molar-refractivity contribution is 5.87. The SMILES string of the molecule is O=C(O)[C@H]1CCCCN1C(=O)[C@H]1COc2ccccc2O1. The van der Waals surface area contributed by atoms with E-state index in [-0.39, 0.29) is 12.5 Å². The van der Waals surface area contributed by atoms with Gasteiger partial charge in [0.15, 0.2) is 11.5 Å². The standard InChI is InChI=1S/C15H17NO5/c17-14(16-8-4-3-5-10(16)15(18)19)13-9-20-11-6-1-2-7-12(11)21-13/h1-2,6-7,10,13H,3-5,8-9H2,(H,18,19)/t10-,13-/m1/s1. The van der Waals surface area contributed by atoms with Crippen LogP contribution in [0.15, 0.2) is 24.3 Å². The third kappa shape index (κ3) is 2.66. The maximum atomic E-state index is 12.5. The van der Waals surface area contributed by atoms with E-state index in [1.807, 2.05) is 6.07 Å². The molecule has 1 saturated heterocycles. The first kappa shape index (κ1) is 13.7. The van der Waals surface area contributed by atoms with E-state index >= 15 is 0 Å². The topological polar surface area (TPSA) is 76.1 Å². The summed E-state index contributed by atoms with van der Waals surface area (Å²) in [6.45, 7) is 0.565. The Morgan fingerprint density at radius 1 is 1.19 bits per heavy atom. The van der Waals surface area contributed by atoms with Crippen LogP contribution in [0.1, 0.15) is 19.3 Å². The summed E-state index contributed by atoms with van der Waals surface area (Å²) >= 11 is 0. The molecule has 0 aliphatic carbocycles. The molecule has 2 aliphatic rings. The number of rotatable bonds is 2. The molecule has 1 amide bonds. The van der Waals surface area contributed by atoms with E-state index in [1.54, 1.807) is 18.2 Å². The third-order valence-electron chi connectivity index (χ3n) is 3.85. The van der Waals surface area contributed by atoms with Gasteiger partial charge in [-0.05, 0) is 31.4 Å². The van der Waals surface area contributed by atoms with Gasteiger partial charge in [0.1, 0.15) is 12.6 Å². The average Bonchev–Trinajstić information content (AvgIpc) is 2.53. The number of benzene rings is 1. The maximum absolute atomic E-state index is 12.5. The molecule has 0 unspecified atom stereocenters. The van der Waals surface area contributed by atoms with E-state index in [0.29, 0.717) is 24.5 Å². The van der Waals surface area contributed by atoms with Gasteiger partial charge in [-0.25, -0.2) is 4.79 Å². The molecule has 2 heterocycles. The second-order valence-electron chi connectivity index (χ2n) is 5.25. The zero-order valence-electron chi connectivity index (χ0n) is 11.5. The van der Waals surface area contributed by atoms with Crippen molar-refractivity contribution in [2.75, 3.05) is 13.2 Å². The number of hydrogen-bond donors (Lipinski definition) is 1. The van der Waals surface area contributed by atoms with Gasteiger partial charge in [0.05, 0.1) is 0 Å². The number of amides is 1. The summed E-state index contributed by atoms with van der Waals surface area (Å²) in [5.41, 5.74) is 0. The monoisotopic (exact) mass is 291 g/mol. The second kappa shape index (κ2) is 5.63. The second-order valence-corrected chi connectivity index (χ2v) is 5.25. The van der Waals surface area contributed by atoms with Gasteiger partial charge >= 0.3 is 5.97 Å². The molecule has 2 aliphatic heterocycles. The first-order valence-corrected chi connectivity index (χ1v) is 7.08. The Morgan fingerprint density at radius 2 is 1.95 bits per heavy atom. The number of likely N-dealkylation sites (tertiary alicyclic amines) is 1. The number of piperidine rings is 1. The molecular weight excluding hydrogens is 274 g/mol. The van der Waals surface area contributed by atoms with Crippen LogP contribution in [0.2, 0.25) is 0 Å². The van der Waals surface area contributed by atoms with Gasteiger partial charge in [-0.3, -0.25) is 4.79 Å². The third-order valence-corrected chi connectivity index (χ3v) is 3.85. The Hall–Kier alpha value is -2.24. The lowest BCUT2D eigenvalue weighted by atomic mass is 10.0. The minimum absolute atomic E-state index is 0.110. The van der Waals surface area contributed by atoms with Crippen molar-refractivity contribution in [2.45, 2.75) is 31.4 Å². The summed E-state index contributed by atoms with van der Waals surface area (Å²) in [7, 11) is 0. The Kier molecular flexibility index (Phi) is 3.68. The Bertz CT molecular complexity index is 559. The number of aliphatic carboxylic acids is 1. The van der Waals surface area contributed by atoms with Crippen molar-refractivity contribution in [3.05, 3.63) is 24.3 Å². The van der Waals surface area contributed by atoms with E-state index < -0.39 is 18.1 Å². The van der Waals surface area contributed by atoms with E-state index in [1.165, 1.54) is 4.90 Å². The summed E-state index contributed by atoms with van der Waals surface area (Å²) in [5.74, 6) is -0.141. The van der Waals surface area contributed by atoms with Gasteiger partial charge in [-0.2, -0.15) is 0 Å². The van der Waals surface area contributed by atoms with Gasteiger partial charge in [0, 0.05) is 6.54 Å². The van der Waals surface area contributed by atoms with Gasteiger partial charge in [-0.1, -0.05) is 12.1 Å². The van der Waals surface area contributed by atoms with Crippen molar-refractivity contribution in [2.24, 2.45) is 0 Å². The highest BCUT2D eigenvalue weighted by Crippen LogP contribution is 2.32. The summed E-state index contributed by atoms with van der Waals surface area (Å²) in [5, 5.41) is 9.25. The zero-order valence-corrected chi connectivity index (χ0v) is 11.5. The van der Waals surface area contributed by atoms with Crippen LogP contribution in [0.4, 0.5) is 0 Å². The van der Waals surface area contributed by atoms with Crippen molar-refractivity contribution in [1.82, 2.24) is 4.90 Å². The van der Waals surface area contributed by atoms with Crippen LogP contribution in [0.5, 0.6) is 11.5 Å². The smallest absolute Gasteiger partial charge is 0.326 e. The summed E-state index contributed by atoms with van der Waals surface area (Å²) in [6.07, 6.45) is 1.36. The lowest BCUT2D eigenvalue weighted by Crippen LogP contribution is -2.54. The molecule has 0 spiro atoms. The molecule has 0 bridgehead atoms. The fraction of sp³-hybridized carbons (Fsp3) is 0.467. The molecule has 6 nitrogen and oxygen atoms in total. The number of carbonyl (C=O) groups excluding carboxylic acids is 1. The number of ether oxygens (including phenoxy) is 2. The van der Waals surface area contributed by atoms with Gasteiger partial charge in [0.25, 0.3) is 5.91 Å². The van der Waals surface area contributed by atoms with Gasteiger partial charge in [-0.15, -0.1) is 0 Å². The molecule has 2 atom stereocenters. The largest absolute Gasteiger partial charge is 0.485 e. The van der Waals surface area contributed by atoms with Crippen molar-refractivity contribution < 1.29 is 24.2 Å². The molecule has 0 radical (unpaired) electrons. The number of carboxylic acids is 1. The van der Waals surface area contributed by atoms with E-state index in [4.69, 9.17) is 9.47 Å². The number of hydrogen-bond acceptors (Lipinski definition) is 4. The van der Waals surface area contributed by atoms with Crippen LogP contribution in [-0.4, -0.2) is 47.2 Å². The zero-order chi connectivity index (χ0) is 14.8. The fourth-order valence-electron chi connectivity index (χ4n) is 2.78. The number of fused-ring (bicyclic) bond motifs is 1. The Balaban J connectivity index is 1.75. The van der Waals surface area contributed by atoms with E-state index in [0.717, 1.165) is 12.8 Å². The van der Waals surface area contributed by atoms with Crippen LogP contribution in [0, 0.1) is 0 Å². The number of carbonyl (C=O) groups is 2. The van der Waals surface area contributed by atoms with Crippen LogP contribution in [0.3, 0.4) is 0 Å². The van der Waals surface area contributed by atoms with Crippen molar-refractivity contribution >= 4 is 11.9 Å². The van der Waals surface area contributed by atoms with Gasteiger partial charge < -0.3 is 19.5 Å². The van der Waals surface area contributed by atoms with Crippen molar-refractivity contribution in [1.29, 1.82) is 0 Å². The van der Waals surface area contributed by atoms with Crippen LogP contribution in [-0.2, 0) is 9.59 Å². The lowest BCUT2D eigenvalue weighted by molar-refractivity contribution is -0.156. The molecule has 1 N–H and O–H groups in total. The first-order valence-electron chi connectivity index (χ1n) is 7.08. The summed E-state index contributed by atoms with van der Waals surface area (Å²) in [4.78, 5) is 25.2. The minimum atomic E-state index is -0.958. The molecular formula is C15H17NO5. The molecule has 0 aromatic heterocycles. The molecule has 0 saturated carbocycles. The van der Waals surface area contributed by atoms with E-state index in [2.05, 4.69) is 0 Å². The molecule has 1 aromatic rings. The van der Waals surface area contributed by atoms with Crippen molar-refractivity contribution in [3.63, 3.8) is 0 Å². The predicted octanol–water partition coefficient (Wildman–Crippen LogP) is 1.29. The maximum Gasteiger partial charge on any atom is 0.326 e. The Morgan fingerprint density at radius 3 is 2.71 bits per heavy atom. The average molecular weight is 291 g/mol. The van der Waals surface area contributed by atoms with Crippen LogP contribution >= 0.6 is 0 Å². The quantitative estimate of drug-likeness (QED) is 0.888. The van der Waals surface area contributed by atoms with Crippen LogP contribution < -0.4 is 9.47 Å². The molecule has 6 heteroatoms. The summed E-state index contributed by atoms with van der Waals surface area (Å²) < 4.78 is 11.2. The number of para-hydroxylation sites is 2. The molecule has 112 valence electrons. The highest BCUT2D eigenvalue weighted by Gasteiger charge is 2.38. The molecule has 3 rings (SSSR count). The normalized spacial score (nSPS) is 24.5. The predicted molar refractivity (Wildman–Crippen MR) is 73.3 cm³/mol. The lowest BCUT2D eigenvalue weighted by Gasteiger charge is -2.36. The van der Waals surface area contributed by atoms with Gasteiger partial charge in [0.2, 0.25) is 6.10 Å². The van der Waals surface area contributed by atoms with Crippen molar-refractivity contribution in [3.8, 4) is 11.5 Å². The minimum Gasteiger partial charge on any atom is -0.485 e. The molecule has 1 fully saturated rings. The number of carboxylic acid groups (broad SMARTS) is 1. The molecule has 1 aromatic carbocycles. The fourth-order valence-corrected chi connectivity index (χ4v) is 2.78. The van der Waals surface area contributed by atoms with Crippen LogP contribution in [0.25, 0.3) is 0 Å². The highest BCUT2D eigenvalue weighted by atomic mass is 16.6.